The minimum atomic E-state index is -0.141. The molecule has 1 aliphatic carbocycles. The van der Waals surface area contributed by atoms with Crippen molar-refractivity contribution >= 4 is 23.1 Å². The van der Waals surface area contributed by atoms with E-state index in [9.17, 15) is 4.79 Å². The third-order valence-corrected chi connectivity index (χ3v) is 6.26. The van der Waals surface area contributed by atoms with Gasteiger partial charge >= 0.3 is 6.03 Å². The van der Waals surface area contributed by atoms with Crippen LogP contribution in [0.5, 0.6) is 0 Å². The molecule has 1 aliphatic heterocycles. The van der Waals surface area contributed by atoms with Gasteiger partial charge in [-0.2, -0.15) is 0 Å². The van der Waals surface area contributed by atoms with E-state index in [1.165, 1.54) is 11.3 Å². The van der Waals surface area contributed by atoms with Crippen molar-refractivity contribution in [3.8, 4) is 10.6 Å². The van der Waals surface area contributed by atoms with Gasteiger partial charge < -0.3 is 15.4 Å². The molecule has 144 valence electrons. The number of methoxy groups -OCH3 is 1. The van der Waals surface area contributed by atoms with Crippen molar-refractivity contribution in [1.82, 2.24) is 20.4 Å². The zero-order valence-electron chi connectivity index (χ0n) is 15.4. The molecule has 4 rings (SSSR count). The lowest BCUT2D eigenvalue weighted by molar-refractivity contribution is 0.0985. The molecule has 2 aromatic rings. The number of aromatic nitrogens is 2. The number of benzene rings is 1. The first-order valence-electron chi connectivity index (χ1n) is 9.44. The second kappa shape index (κ2) is 8.33. The van der Waals surface area contributed by atoms with Crippen molar-refractivity contribution in [3.05, 3.63) is 29.8 Å². The number of likely N-dealkylation sites (tertiary alicyclic amines) is 1. The van der Waals surface area contributed by atoms with Gasteiger partial charge in [0.15, 0.2) is 0 Å². The first kappa shape index (κ1) is 18.3. The van der Waals surface area contributed by atoms with Crippen molar-refractivity contribution in [2.45, 2.75) is 43.9 Å². The number of nitrogens with zero attached hydrogens (tertiary/aromatic N) is 3. The Morgan fingerprint density at radius 3 is 2.81 bits per heavy atom. The Morgan fingerprint density at radius 1 is 1.26 bits per heavy atom. The molecule has 1 aromatic heterocycles. The number of ether oxygens (including phenoxy) is 1. The fourth-order valence-corrected chi connectivity index (χ4v) is 4.68. The maximum Gasteiger partial charge on any atom is 0.319 e. The number of anilines is 1. The van der Waals surface area contributed by atoms with Gasteiger partial charge in [-0.1, -0.05) is 11.3 Å². The normalized spacial score (nSPS) is 25.6. The Labute approximate surface area is 163 Å². The van der Waals surface area contributed by atoms with Crippen LogP contribution in [0.4, 0.5) is 10.5 Å². The van der Waals surface area contributed by atoms with Gasteiger partial charge in [-0.25, -0.2) is 4.79 Å². The molecule has 2 fully saturated rings. The van der Waals surface area contributed by atoms with Gasteiger partial charge in [-0.15, -0.1) is 10.2 Å². The smallest absolute Gasteiger partial charge is 0.319 e. The zero-order valence-corrected chi connectivity index (χ0v) is 16.2. The van der Waals surface area contributed by atoms with Gasteiger partial charge in [-0.05, 0) is 49.9 Å². The number of nitrogens with one attached hydrogen (secondary N) is 2. The Bertz CT molecular complexity index is 752. The molecule has 2 amide bonds. The van der Waals surface area contributed by atoms with Crippen LogP contribution < -0.4 is 10.6 Å². The highest BCUT2D eigenvalue weighted by Gasteiger charge is 2.36. The van der Waals surface area contributed by atoms with Gasteiger partial charge in [0.05, 0.1) is 6.10 Å². The van der Waals surface area contributed by atoms with Crippen LogP contribution in [0.1, 0.15) is 25.7 Å². The van der Waals surface area contributed by atoms with E-state index in [-0.39, 0.29) is 12.1 Å². The summed E-state index contributed by atoms with van der Waals surface area (Å²) < 4.78 is 5.48. The molecule has 0 spiro atoms. The predicted octanol–water partition coefficient (Wildman–Crippen LogP) is 2.97. The number of amides is 2. The molecular weight excluding hydrogens is 362 g/mol. The molecule has 0 bridgehead atoms. The fraction of sp³-hybridized carbons (Fsp3) is 0.526. The highest BCUT2D eigenvalue weighted by Crippen LogP contribution is 2.28. The Morgan fingerprint density at radius 2 is 2.11 bits per heavy atom. The summed E-state index contributed by atoms with van der Waals surface area (Å²) in [6.45, 7) is 2.02. The summed E-state index contributed by atoms with van der Waals surface area (Å²) in [7, 11) is 1.78. The Kier molecular flexibility index (Phi) is 5.66. The summed E-state index contributed by atoms with van der Waals surface area (Å²) in [5.41, 5.74) is 3.49. The summed E-state index contributed by atoms with van der Waals surface area (Å²) in [6.07, 6.45) is 4.72. The molecular formula is C19H25N5O2S. The molecule has 1 saturated heterocycles. The second-order valence-electron chi connectivity index (χ2n) is 7.17. The molecule has 8 heteroatoms. The molecule has 1 saturated carbocycles. The molecule has 1 unspecified atom stereocenters. The monoisotopic (exact) mass is 387 g/mol. The molecule has 2 N–H and O–H groups in total. The maximum absolute atomic E-state index is 12.5. The lowest BCUT2D eigenvalue weighted by Crippen LogP contribution is -2.49. The molecule has 3 atom stereocenters. The molecule has 2 aliphatic rings. The van der Waals surface area contributed by atoms with Crippen LogP contribution in [0.3, 0.4) is 0 Å². The molecule has 27 heavy (non-hydrogen) atoms. The van der Waals surface area contributed by atoms with Crippen molar-refractivity contribution in [3.63, 3.8) is 0 Å². The Hall–Kier alpha value is -2.03. The van der Waals surface area contributed by atoms with Crippen molar-refractivity contribution < 1.29 is 9.53 Å². The van der Waals surface area contributed by atoms with Crippen LogP contribution in [-0.2, 0) is 4.74 Å². The topological polar surface area (TPSA) is 79.4 Å². The number of rotatable bonds is 5. The third-order valence-electron chi connectivity index (χ3n) is 5.52. The largest absolute Gasteiger partial charge is 0.380 e. The zero-order chi connectivity index (χ0) is 18.6. The standard InChI is InChI=1S/C19H25N5O2S/c1-26-15-9-10-24(11-15)17-4-2-3-16(17)22-19(25)21-14-7-5-13(6-8-14)18-23-20-12-27-18/h5-8,12,15-17H,2-4,9-11H2,1H3,(H2,21,22,25)/t15?,16-,17+/m0/s1. The SMILES string of the molecule is COC1CCN([C@@H]2CCC[C@@H]2NC(=O)Nc2ccc(-c3nncs3)cc2)C1. The molecule has 7 nitrogen and oxygen atoms in total. The van der Waals surface area contributed by atoms with Gasteiger partial charge in [0.25, 0.3) is 0 Å². The van der Waals surface area contributed by atoms with Gasteiger partial charge in [0.1, 0.15) is 10.5 Å². The van der Waals surface area contributed by atoms with Crippen LogP contribution >= 0.6 is 11.3 Å². The minimum absolute atomic E-state index is 0.141. The summed E-state index contributed by atoms with van der Waals surface area (Å²) in [5, 5.41) is 14.9. The number of urea groups is 1. The van der Waals surface area contributed by atoms with Crippen molar-refractivity contribution in [1.29, 1.82) is 0 Å². The van der Waals surface area contributed by atoms with Crippen molar-refractivity contribution in [2.75, 3.05) is 25.5 Å². The van der Waals surface area contributed by atoms with Crippen LogP contribution in [0.2, 0.25) is 0 Å². The van der Waals surface area contributed by atoms with E-state index in [4.69, 9.17) is 4.74 Å². The van der Waals surface area contributed by atoms with Crippen LogP contribution in [-0.4, -0.2) is 59.5 Å². The summed E-state index contributed by atoms with van der Waals surface area (Å²) in [4.78, 5) is 15.0. The average molecular weight is 388 g/mol. The van der Waals surface area contributed by atoms with E-state index in [0.717, 1.165) is 55.0 Å². The Balaban J connectivity index is 1.32. The minimum Gasteiger partial charge on any atom is -0.380 e. The number of carbonyl (C=O) groups is 1. The van der Waals surface area contributed by atoms with E-state index in [1.54, 1.807) is 12.6 Å². The predicted molar refractivity (Wildman–Crippen MR) is 106 cm³/mol. The molecule has 1 aromatic carbocycles. The molecule has 2 heterocycles. The van der Waals surface area contributed by atoms with E-state index in [2.05, 4.69) is 25.7 Å². The lowest BCUT2D eigenvalue weighted by atomic mass is 10.1. The van der Waals surface area contributed by atoms with Gasteiger partial charge in [0, 0.05) is 43.5 Å². The number of hydrogen-bond acceptors (Lipinski definition) is 6. The quantitative estimate of drug-likeness (QED) is 0.825. The second-order valence-corrected chi connectivity index (χ2v) is 8.00. The first-order valence-corrected chi connectivity index (χ1v) is 10.3. The summed E-state index contributed by atoms with van der Waals surface area (Å²) in [6, 6.07) is 8.15. The van der Waals surface area contributed by atoms with Gasteiger partial charge in [-0.3, -0.25) is 4.90 Å². The lowest BCUT2D eigenvalue weighted by Gasteiger charge is -2.30. The highest BCUT2D eigenvalue weighted by atomic mass is 32.1. The van der Waals surface area contributed by atoms with E-state index < -0.39 is 0 Å². The van der Waals surface area contributed by atoms with E-state index >= 15 is 0 Å². The summed E-state index contributed by atoms with van der Waals surface area (Å²) in [5.74, 6) is 0. The maximum atomic E-state index is 12.5. The van der Waals surface area contributed by atoms with E-state index in [0.29, 0.717) is 12.1 Å². The van der Waals surface area contributed by atoms with E-state index in [1.807, 2.05) is 24.3 Å². The van der Waals surface area contributed by atoms with Crippen LogP contribution in [0.15, 0.2) is 29.8 Å². The van der Waals surface area contributed by atoms with Crippen molar-refractivity contribution in [2.24, 2.45) is 0 Å². The average Bonchev–Trinajstić information content (AvgIpc) is 3.43. The number of hydrogen-bond donors (Lipinski definition) is 2. The highest BCUT2D eigenvalue weighted by molar-refractivity contribution is 7.12. The van der Waals surface area contributed by atoms with Crippen LogP contribution in [0.25, 0.3) is 10.6 Å². The number of carbonyl (C=O) groups excluding carboxylic acids is 1. The first-order chi connectivity index (χ1) is 13.2. The molecule has 0 radical (unpaired) electrons. The van der Waals surface area contributed by atoms with Crippen LogP contribution in [0, 0.1) is 0 Å². The third kappa shape index (κ3) is 4.28. The fourth-order valence-electron chi connectivity index (χ4n) is 4.12. The van der Waals surface area contributed by atoms with Gasteiger partial charge in [0.2, 0.25) is 0 Å². The summed E-state index contributed by atoms with van der Waals surface area (Å²) >= 11 is 1.50.